The number of hydrogen-bond acceptors (Lipinski definition) is 2. The van der Waals surface area contributed by atoms with Crippen molar-refractivity contribution in [2.45, 2.75) is 6.54 Å². The van der Waals surface area contributed by atoms with Crippen molar-refractivity contribution in [3.05, 3.63) is 84.2 Å². The summed E-state index contributed by atoms with van der Waals surface area (Å²) in [5.41, 5.74) is 1.65. The van der Waals surface area contributed by atoms with Gasteiger partial charge in [-0.1, -0.05) is 36.4 Å². The Labute approximate surface area is 127 Å². The van der Waals surface area contributed by atoms with Gasteiger partial charge in [-0.3, -0.25) is 4.79 Å². The molecule has 3 aromatic rings. The molecule has 0 aliphatic carbocycles. The SMILES string of the molecule is O=C(NCc1ccccc1F)c1cn(-c2ccccc2)cn1. The second kappa shape index (κ2) is 6.22. The number of para-hydroxylation sites is 1. The van der Waals surface area contributed by atoms with Gasteiger partial charge in [0.25, 0.3) is 5.91 Å². The minimum absolute atomic E-state index is 0.129. The Morgan fingerprint density at radius 2 is 1.82 bits per heavy atom. The quantitative estimate of drug-likeness (QED) is 0.804. The van der Waals surface area contributed by atoms with Crippen molar-refractivity contribution in [3.8, 4) is 5.69 Å². The third-order valence-electron chi connectivity index (χ3n) is 3.27. The average molecular weight is 295 g/mol. The molecule has 1 amide bonds. The number of nitrogens with one attached hydrogen (secondary N) is 1. The molecule has 0 bridgehead atoms. The van der Waals surface area contributed by atoms with Crippen LogP contribution in [0.2, 0.25) is 0 Å². The Balaban J connectivity index is 1.69. The Kier molecular flexibility index (Phi) is 3.96. The molecule has 4 nitrogen and oxygen atoms in total. The monoisotopic (exact) mass is 295 g/mol. The lowest BCUT2D eigenvalue weighted by atomic mass is 10.2. The predicted molar refractivity (Wildman–Crippen MR) is 81.1 cm³/mol. The first-order chi connectivity index (χ1) is 10.7. The molecule has 0 radical (unpaired) electrons. The zero-order valence-corrected chi connectivity index (χ0v) is 11.7. The van der Waals surface area contributed by atoms with Crippen LogP contribution in [0.15, 0.2) is 67.1 Å². The van der Waals surface area contributed by atoms with E-state index in [1.165, 1.54) is 6.07 Å². The summed E-state index contributed by atoms with van der Waals surface area (Å²) in [5, 5.41) is 2.67. The van der Waals surface area contributed by atoms with Gasteiger partial charge < -0.3 is 9.88 Å². The minimum atomic E-state index is -0.336. The Morgan fingerprint density at radius 1 is 1.09 bits per heavy atom. The number of amides is 1. The van der Waals surface area contributed by atoms with E-state index >= 15 is 0 Å². The van der Waals surface area contributed by atoms with Crippen LogP contribution in [0.3, 0.4) is 0 Å². The fourth-order valence-electron chi connectivity index (χ4n) is 2.09. The second-order valence-electron chi connectivity index (χ2n) is 4.78. The van der Waals surface area contributed by atoms with E-state index in [4.69, 9.17) is 0 Å². The summed E-state index contributed by atoms with van der Waals surface area (Å²) < 4.78 is 15.3. The van der Waals surface area contributed by atoms with Crippen LogP contribution in [0.1, 0.15) is 16.1 Å². The standard InChI is InChI=1S/C17H14FN3O/c18-15-9-5-4-6-13(15)10-19-17(22)16-11-21(12-20-16)14-7-2-1-3-8-14/h1-9,11-12H,10H2,(H,19,22). The summed E-state index contributed by atoms with van der Waals surface area (Å²) in [6.07, 6.45) is 3.22. The number of benzene rings is 2. The lowest BCUT2D eigenvalue weighted by molar-refractivity contribution is 0.0946. The van der Waals surface area contributed by atoms with E-state index in [9.17, 15) is 9.18 Å². The summed E-state index contributed by atoms with van der Waals surface area (Å²) >= 11 is 0. The van der Waals surface area contributed by atoms with Crippen LogP contribution in [0.25, 0.3) is 5.69 Å². The van der Waals surface area contributed by atoms with Gasteiger partial charge in [-0.2, -0.15) is 0 Å². The fourth-order valence-corrected chi connectivity index (χ4v) is 2.09. The van der Waals surface area contributed by atoms with Gasteiger partial charge in [0.05, 0.1) is 0 Å². The van der Waals surface area contributed by atoms with E-state index in [-0.39, 0.29) is 18.3 Å². The van der Waals surface area contributed by atoms with Gasteiger partial charge in [0.1, 0.15) is 17.8 Å². The van der Waals surface area contributed by atoms with Crippen LogP contribution >= 0.6 is 0 Å². The van der Waals surface area contributed by atoms with E-state index in [0.717, 1.165) is 5.69 Å². The first-order valence-electron chi connectivity index (χ1n) is 6.85. The molecule has 0 saturated carbocycles. The largest absolute Gasteiger partial charge is 0.346 e. The predicted octanol–water partition coefficient (Wildman–Crippen LogP) is 2.94. The summed E-state index contributed by atoms with van der Waals surface area (Å²) in [5.74, 6) is -0.671. The Hall–Kier alpha value is -2.95. The third-order valence-corrected chi connectivity index (χ3v) is 3.27. The molecule has 1 heterocycles. The summed E-state index contributed by atoms with van der Waals surface area (Å²) in [6.45, 7) is 0.129. The van der Waals surface area contributed by atoms with Crippen molar-refractivity contribution in [1.82, 2.24) is 14.9 Å². The van der Waals surface area contributed by atoms with E-state index in [2.05, 4.69) is 10.3 Å². The highest BCUT2D eigenvalue weighted by atomic mass is 19.1. The van der Waals surface area contributed by atoms with E-state index < -0.39 is 0 Å². The van der Waals surface area contributed by atoms with E-state index in [1.54, 1.807) is 35.3 Å². The maximum Gasteiger partial charge on any atom is 0.271 e. The minimum Gasteiger partial charge on any atom is -0.346 e. The molecular weight excluding hydrogens is 281 g/mol. The number of carbonyl (C=O) groups is 1. The molecule has 1 N–H and O–H groups in total. The van der Waals surface area contributed by atoms with Crippen molar-refractivity contribution >= 4 is 5.91 Å². The van der Waals surface area contributed by atoms with Crippen LogP contribution in [0.5, 0.6) is 0 Å². The van der Waals surface area contributed by atoms with Crippen LogP contribution in [0.4, 0.5) is 4.39 Å². The van der Waals surface area contributed by atoms with E-state index in [1.807, 2.05) is 30.3 Å². The number of carbonyl (C=O) groups excluding carboxylic acids is 1. The van der Waals surface area contributed by atoms with Gasteiger partial charge in [-0.05, 0) is 18.2 Å². The Morgan fingerprint density at radius 3 is 2.59 bits per heavy atom. The molecular formula is C17H14FN3O. The zero-order valence-electron chi connectivity index (χ0n) is 11.7. The number of aromatic nitrogens is 2. The van der Waals surface area contributed by atoms with Gasteiger partial charge in [0.2, 0.25) is 0 Å². The number of imidazole rings is 1. The molecule has 0 atom stereocenters. The van der Waals surface area contributed by atoms with Crippen molar-refractivity contribution in [2.24, 2.45) is 0 Å². The topological polar surface area (TPSA) is 46.9 Å². The van der Waals surface area contributed by atoms with Crippen molar-refractivity contribution < 1.29 is 9.18 Å². The first-order valence-corrected chi connectivity index (χ1v) is 6.85. The number of hydrogen-bond donors (Lipinski definition) is 1. The van der Waals surface area contributed by atoms with Crippen molar-refractivity contribution in [3.63, 3.8) is 0 Å². The Bertz CT molecular complexity index is 783. The molecule has 2 aromatic carbocycles. The number of nitrogens with zero attached hydrogens (tertiary/aromatic N) is 2. The second-order valence-corrected chi connectivity index (χ2v) is 4.78. The van der Waals surface area contributed by atoms with Crippen molar-refractivity contribution in [1.29, 1.82) is 0 Å². The van der Waals surface area contributed by atoms with Gasteiger partial charge in [-0.15, -0.1) is 0 Å². The molecule has 110 valence electrons. The molecule has 0 unspecified atom stereocenters. The molecule has 0 saturated heterocycles. The normalized spacial score (nSPS) is 10.4. The lowest BCUT2D eigenvalue weighted by Crippen LogP contribution is -2.23. The van der Waals surface area contributed by atoms with Gasteiger partial charge in [0.15, 0.2) is 0 Å². The molecule has 1 aromatic heterocycles. The van der Waals surface area contributed by atoms with Crippen LogP contribution in [-0.4, -0.2) is 15.5 Å². The molecule has 0 aliphatic rings. The van der Waals surface area contributed by atoms with Gasteiger partial charge in [-0.25, -0.2) is 9.37 Å². The molecule has 3 rings (SSSR count). The summed E-state index contributed by atoms with van der Waals surface area (Å²) in [7, 11) is 0. The molecule has 5 heteroatoms. The van der Waals surface area contributed by atoms with Gasteiger partial charge >= 0.3 is 0 Å². The van der Waals surface area contributed by atoms with Crippen molar-refractivity contribution in [2.75, 3.05) is 0 Å². The zero-order chi connectivity index (χ0) is 15.4. The first kappa shape index (κ1) is 14.0. The maximum atomic E-state index is 13.5. The van der Waals surface area contributed by atoms with Crippen LogP contribution in [0, 0.1) is 5.82 Å². The number of halogens is 1. The highest BCUT2D eigenvalue weighted by Gasteiger charge is 2.10. The molecule has 0 fully saturated rings. The molecule has 0 aliphatic heterocycles. The fraction of sp³-hybridized carbons (Fsp3) is 0.0588. The maximum absolute atomic E-state index is 13.5. The smallest absolute Gasteiger partial charge is 0.271 e. The highest BCUT2D eigenvalue weighted by molar-refractivity contribution is 5.92. The highest BCUT2D eigenvalue weighted by Crippen LogP contribution is 2.09. The van der Waals surface area contributed by atoms with E-state index in [0.29, 0.717) is 11.3 Å². The van der Waals surface area contributed by atoms with Crippen LogP contribution < -0.4 is 5.32 Å². The summed E-state index contributed by atoms with van der Waals surface area (Å²) in [6, 6.07) is 15.9. The summed E-state index contributed by atoms with van der Waals surface area (Å²) in [4.78, 5) is 16.1. The van der Waals surface area contributed by atoms with Gasteiger partial charge in [0, 0.05) is 24.0 Å². The molecule has 22 heavy (non-hydrogen) atoms. The third kappa shape index (κ3) is 3.03. The van der Waals surface area contributed by atoms with Crippen LogP contribution in [-0.2, 0) is 6.54 Å². The average Bonchev–Trinajstić information content (AvgIpc) is 3.05. The lowest BCUT2D eigenvalue weighted by Gasteiger charge is -2.04. The molecule has 0 spiro atoms. The number of rotatable bonds is 4.